The van der Waals surface area contributed by atoms with Gasteiger partial charge in [-0.25, -0.2) is 9.18 Å². The summed E-state index contributed by atoms with van der Waals surface area (Å²) in [5.74, 6) is -0.0427. The van der Waals surface area contributed by atoms with Crippen molar-refractivity contribution in [3.05, 3.63) is 23.5 Å². The fourth-order valence-corrected chi connectivity index (χ4v) is 1.03. The van der Waals surface area contributed by atoms with Gasteiger partial charge in [-0.3, -0.25) is 0 Å². The normalized spacial score (nSPS) is 9.33. The molecule has 0 saturated heterocycles. The molecule has 0 aromatic heterocycles. The van der Waals surface area contributed by atoms with Gasteiger partial charge in [0, 0.05) is 0 Å². The maximum atomic E-state index is 13.0. The molecule has 1 aromatic carbocycles. The number of hydrogen-bond acceptors (Lipinski definition) is 3. The Labute approximate surface area is 85.5 Å². The number of nitrogen functional groups attached to an aromatic ring is 1. The van der Waals surface area contributed by atoms with Gasteiger partial charge in [-0.05, 0) is 12.1 Å². The van der Waals surface area contributed by atoms with Crippen LogP contribution in [0.3, 0.4) is 0 Å². The van der Waals surface area contributed by atoms with Crippen molar-refractivity contribution in [2.75, 3.05) is 12.3 Å². The Kier molecular flexibility index (Phi) is 3.13. The summed E-state index contributed by atoms with van der Waals surface area (Å²) in [5.41, 5.74) is 4.40. The molecule has 4 nitrogen and oxygen atoms in total. The van der Waals surface area contributed by atoms with Gasteiger partial charge in [-0.15, -0.1) is 6.42 Å². The van der Waals surface area contributed by atoms with Gasteiger partial charge in [0.05, 0.1) is 5.69 Å². The zero-order chi connectivity index (χ0) is 11.4. The van der Waals surface area contributed by atoms with Crippen LogP contribution in [0.2, 0.25) is 0 Å². The highest BCUT2D eigenvalue weighted by Crippen LogP contribution is 2.26. The zero-order valence-corrected chi connectivity index (χ0v) is 7.66. The molecule has 0 heterocycles. The number of halogens is 1. The van der Waals surface area contributed by atoms with Gasteiger partial charge < -0.3 is 15.6 Å². The predicted molar refractivity (Wildman–Crippen MR) is 52.1 cm³/mol. The fourth-order valence-electron chi connectivity index (χ4n) is 1.03. The third kappa shape index (κ3) is 2.17. The van der Waals surface area contributed by atoms with E-state index in [1.807, 2.05) is 0 Å². The van der Waals surface area contributed by atoms with Crippen molar-refractivity contribution in [3.8, 4) is 18.1 Å². The first-order chi connectivity index (χ1) is 7.07. The third-order valence-electron chi connectivity index (χ3n) is 1.68. The summed E-state index contributed by atoms with van der Waals surface area (Å²) in [6, 6.07) is 2.19. The van der Waals surface area contributed by atoms with Crippen LogP contribution in [0, 0.1) is 18.2 Å². The van der Waals surface area contributed by atoms with Crippen molar-refractivity contribution in [2.24, 2.45) is 0 Å². The smallest absolute Gasteiger partial charge is 0.341 e. The number of hydrogen-bond donors (Lipinski definition) is 2. The molecule has 0 bridgehead atoms. The number of nitrogens with two attached hydrogens (primary N) is 1. The van der Waals surface area contributed by atoms with E-state index < -0.39 is 23.0 Å². The van der Waals surface area contributed by atoms with Crippen LogP contribution in [0.1, 0.15) is 10.4 Å². The van der Waals surface area contributed by atoms with Crippen LogP contribution in [0.5, 0.6) is 5.75 Å². The molecule has 78 valence electrons. The van der Waals surface area contributed by atoms with E-state index in [0.29, 0.717) is 0 Å². The lowest BCUT2D eigenvalue weighted by Crippen LogP contribution is -2.08. The summed E-state index contributed by atoms with van der Waals surface area (Å²) in [6.45, 7) is -0.106. The average molecular weight is 209 g/mol. The second-order valence-electron chi connectivity index (χ2n) is 2.63. The van der Waals surface area contributed by atoms with Crippen LogP contribution in [0.4, 0.5) is 10.1 Å². The molecule has 3 N–H and O–H groups in total. The maximum Gasteiger partial charge on any atom is 0.341 e. The number of terminal acetylenes is 1. The maximum absolute atomic E-state index is 13.0. The Morgan fingerprint density at radius 2 is 2.33 bits per heavy atom. The van der Waals surface area contributed by atoms with E-state index in [2.05, 4.69) is 5.92 Å². The summed E-state index contributed by atoms with van der Waals surface area (Å²) in [4.78, 5) is 10.8. The first-order valence-electron chi connectivity index (χ1n) is 3.95. The Morgan fingerprint density at radius 3 is 2.87 bits per heavy atom. The molecule has 0 aliphatic heterocycles. The van der Waals surface area contributed by atoms with Crippen molar-refractivity contribution in [1.29, 1.82) is 0 Å². The molecule has 0 spiro atoms. The third-order valence-corrected chi connectivity index (χ3v) is 1.68. The molecule has 0 saturated carbocycles. The van der Waals surface area contributed by atoms with E-state index in [9.17, 15) is 9.18 Å². The first kappa shape index (κ1) is 10.9. The molecule has 0 radical (unpaired) electrons. The number of anilines is 1. The molecule has 15 heavy (non-hydrogen) atoms. The lowest BCUT2D eigenvalue weighted by molar-refractivity contribution is 0.0693. The predicted octanol–water partition coefficient (Wildman–Crippen LogP) is 1.12. The van der Waals surface area contributed by atoms with Crippen LogP contribution in [-0.2, 0) is 0 Å². The van der Waals surface area contributed by atoms with Crippen LogP contribution >= 0.6 is 0 Å². The summed E-state index contributed by atoms with van der Waals surface area (Å²) in [5, 5.41) is 8.79. The molecule has 0 atom stereocenters. The van der Waals surface area contributed by atoms with E-state index in [1.54, 1.807) is 0 Å². The van der Waals surface area contributed by atoms with Crippen LogP contribution < -0.4 is 10.5 Å². The molecule has 0 amide bonds. The van der Waals surface area contributed by atoms with Gasteiger partial charge in [0.2, 0.25) is 0 Å². The molecule has 5 heteroatoms. The van der Waals surface area contributed by atoms with Gasteiger partial charge in [-0.2, -0.15) is 0 Å². The Balaban J connectivity index is 3.22. The first-order valence-corrected chi connectivity index (χ1v) is 3.95. The average Bonchev–Trinajstić information content (AvgIpc) is 2.19. The molecular formula is C10H8FNO3. The van der Waals surface area contributed by atoms with Crippen LogP contribution in [0.15, 0.2) is 12.1 Å². The fraction of sp³-hybridized carbons (Fsp3) is 0.100. The molecule has 0 aliphatic carbocycles. The Hall–Kier alpha value is -2.22. The van der Waals surface area contributed by atoms with Crippen molar-refractivity contribution >= 4 is 11.7 Å². The van der Waals surface area contributed by atoms with E-state index in [1.165, 1.54) is 6.07 Å². The SMILES string of the molecule is C#CCOc1ccc(F)c(N)c1C(=O)O. The Morgan fingerprint density at radius 1 is 1.67 bits per heavy atom. The van der Waals surface area contributed by atoms with Gasteiger partial charge in [0.25, 0.3) is 0 Å². The van der Waals surface area contributed by atoms with E-state index in [4.69, 9.17) is 22.0 Å². The van der Waals surface area contributed by atoms with Crippen molar-refractivity contribution in [3.63, 3.8) is 0 Å². The molecule has 1 aromatic rings. The summed E-state index contributed by atoms with van der Waals surface area (Å²) < 4.78 is 17.9. The van der Waals surface area contributed by atoms with Crippen molar-refractivity contribution in [2.45, 2.75) is 0 Å². The minimum Gasteiger partial charge on any atom is -0.480 e. The number of aromatic carboxylic acids is 1. The quantitative estimate of drug-likeness (QED) is 0.578. The highest BCUT2D eigenvalue weighted by Gasteiger charge is 2.18. The molecule has 0 unspecified atom stereocenters. The standard InChI is InChI=1S/C10H8FNO3/c1-2-5-15-7-4-3-6(11)9(12)8(7)10(13)14/h1,3-4H,5,12H2,(H,13,14). The van der Waals surface area contributed by atoms with Gasteiger partial charge >= 0.3 is 5.97 Å². The highest BCUT2D eigenvalue weighted by atomic mass is 19.1. The molecular weight excluding hydrogens is 201 g/mol. The molecule has 1 rings (SSSR count). The zero-order valence-electron chi connectivity index (χ0n) is 7.66. The number of benzene rings is 1. The van der Waals surface area contributed by atoms with Gasteiger partial charge in [0.15, 0.2) is 0 Å². The Bertz CT molecular complexity index is 437. The van der Waals surface area contributed by atoms with Crippen LogP contribution in [-0.4, -0.2) is 17.7 Å². The minimum atomic E-state index is -1.36. The minimum absolute atomic E-state index is 0.0423. The second kappa shape index (κ2) is 4.33. The number of rotatable bonds is 3. The topological polar surface area (TPSA) is 72.5 Å². The van der Waals surface area contributed by atoms with Crippen molar-refractivity contribution < 1.29 is 19.0 Å². The van der Waals surface area contributed by atoms with Gasteiger partial charge in [0.1, 0.15) is 23.7 Å². The van der Waals surface area contributed by atoms with E-state index in [-0.39, 0.29) is 12.4 Å². The highest BCUT2D eigenvalue weighted by molar-refractivity contribution is 5.96. The summed E-state index contributed by atoms with van der Waals surface area (Å²) in [7, 11) is 0. The van der Waals surface area contributed by atoms with Gasteiger partial charge in [-0.1, -0.05) is 5.92 Å². The lowest BCUT2D eigenvalue weighted by atomic mass is 10.1. The lowest BCUT2D eigenvalue weighted by Gasteiger charge is -2.09. The molecule has 0 fully saturated rings. The number of carbonyl (C=O) groups is 1. The second-order valence-corrected chi connectivity index (χ2v) is 2.63. The largest absolute Gasteiger partial charge is 0.480 e. The summed E-state index contributed by atoms with van der Waals surface area (Å²) in [6.07, 6.45) is 4.94. The van der Waals surface area contributed by atoms with Crippen LogP contribution in [0.25, 0.3) is 0 Å². The molecule has 0 aliphatic rings. The summed E-state index contributed by atoms with van der Waals surface area (Å²) >= 11 is 0. The monoisotopic (exact) mass is 209 g/mol. The number of ether oxygens (including phenoxy) is 1. The van der Waals surface area contributed by atoms with E-state index in [0.717, 1.165) is 6.07 Å². The number of carboxylic acids is 1. The van der Waals surface area contributed by atoms with Crippen molar-refractivity contribution in [1.82, 2.24) is 0 Å². The van der Waals surface area contributed by atoms with E-state index >= 15 is 0 Å². The number of carboxylic acid groups (broad SMARTS) is 1.